The molecule has 0 radical (unpaired) electrons. The number of likely N-dealkylation sites (tertiary alicyclic amines) is 1. The number of aromatic nitrogens is 1. The van der Waals surface area contributed by atoms with Gasteiger partial charge in [-0.15, -0.1) is 0 Å². The van der Waals surface area contributed by atoms with Crippen LogP contribution < -0.4 is 0 Å². The average Bonchev–Trinajstić information content (AvgIpc) is 2.64. The lowest BCUT2D eigenvalue weighted by atomic mass is 10.1. The molecule has 0 aromatic carbocycles. The lowest BCUT2D eigenvalue weighted by molar-refractivity contribution is -0.135. The maximum Gasteiger partial charge on any atom is 0.223 e. The third-order valence-corrected chi connectivity index (χ3v) is 3.24. The molecule has 1 aromatic rings. The minimum atomic E-state index is 0.206. The molecule has 1 aliphatic rings. The first kappa shape index (κ1) is 10.3. The molecule has 1 fully saturated rings. The fraction of sp³-hybridized carbons (Fsp3) is 0.583. The van der Waals surface area contributed by atoms with E-state index in [1.165, 1.54) is 5.69 Å². The molecule has 15 heavy (non-hydrogen) atoms. The Morgan fingerprint density at radius 1 is 1.40 bits per heavy atom. The number of piperidine rings is 1. The van der Waals surface area contributed by atoms with E-state index < -0.39 is 0 Å². The Morgan fingerprint density at radius 3 is 2.80 bits per heavy atom. The van der Waals surface area contributed by atoms with Gasteiger partial charge in [0, 0.05) is 31.9 Å². The van der Waals surface area contributed by atoms with Crippen LogP contribution >= 0.6 is 0 Å². The second kappa shape index (κ2) is 4.09. The Bertz CT molecular complexity index is 356. The zero-order valence-corrected chi connectivity index (χ0v) is 9.44. The molecule has 0 bridgehead atoms. The van der Waals surface area contributed by atoms with Gasteiger partial charge < -0.3 is 9.47 Å². The second-order valence-electron chi connectivity index (χ2n) is 4.26. The molecule has 1 amide bonds. The highest BCUT2D eigenvalue weighted by atomic mass is 16.2. The summed E-state index contributed by atoms with van der Waals surface area (Å²) in [4.78, 5) is 13.8. The molecule has 3 nitrogen and oxygen atoms in total. The van der Waals surface area contributed by atoms with Crippen LogP contribution in [0.25, 0.3) is 0 Å². The maximum absolute atomic E-state index is 11.8. The normalized spacial score (nSPS) is 19.3. The Hall–Kier alpha value is -1.25. The molecular weight excluding hydrogens is 188 g/mol. The molecule has 2 rings (SSSR count). The summed E-state index contributed by atoms with van der Waals surface area (Å²) in [7, 11) is 2.03. The van der Waals surface area contributed by atoms with E-state index in [1.54, 1.807) is 0 Å². The maximum atomic E-state index is 11.8. The van der Waals surface area contributed by atoms with Gasteiger partial charge in [0.15, 0.2) is 0 Å². The van der Waals surface area contributed by atoms with Gasteiger partial charge in [-0.3, -0.25) is 4.79 Å². The average molecular weight is 206 g/mol. The number of rotatable bonds is 2. The van der Waals surface area contributed by atoms with Crippen LogP contribution in [-0.2, 0) is 11.8 Å². The van der Waals surface area contributed by atoms with Gasteiger partial charge in [-0.25, -0.2) is 0 Å². The highest BCUT2D eigenvalue weighted by Crippen LogP contribution is 2.24. The minimum absolute atomic E-state index is 0.206. The van der Waals surface area contributed by atoms with Crippen molar-refractivity contribution < 1.29 is 4.79 Å². The summed E-state index contributed by atoms with van der Waals surface area (Å²) in [5.74, 6) is 0.301. The van der Waals surface area contributed by atoms with Gasteiger partial charge in [0.1, 0.15) is 0 Å². The summed E-state index contributed by atoms with van der Waals surface area (Å²) in [6.45, 7) is 3.02. The highest BCUT2D eigenvalue weighted by molar-refractivity contribution is 5.77. The summed E-state index contributed by atoms with van der Waals surface area (Å²) in [5, 5.41) is 0. The quantitative estimate of drug-likeness (QED) is 0.727. The van der Waals surface area contributed by atoms with Crippen molar-refractivity contribution in [3.05, 3.63) is 24.0 Å². The molecule has 0 N–H and O–H groups in total. The van der Waals surface area contributed by atoms with Crippen molar-refractivity contribution in [3.8, 4) is 0 Å². The predicted octanol–water partition coefficient (Wildman–Crippen LogP) is 2.10. The summed E-state index contributed by atoms with van der Waals surface area (Å²) in [5.41, 5.74) is 1.21. The van der Waals surface area contributed by atoms with E-state index in [0.29, 0.717) is 5.91 Å². The Labute approximate surface area is 90.7 Å². The molecule has 3 heteroatoms. The third-order valence-electron chi connectivity index (χ3n) is 3.24. The largest absolute Gasteiger partial charge is 0.353 e. The molecule has 1 unspecified atom stereocenters. The monoisotopic (exact) mass is 206 g/mol. The number of carbonyl (C=O) groups excluding carboxylic acids is 1. The van der Waals surface area contributed by atoms with E-state index in [9.17, 15) is 4.79 Å². The molecule has 0 spiro atoms. The van der Waals surface area contributed by atoms with Crippen LogP contribution in [-0.4, -0.2) is 21.9 Å². The summed E-state index contributed by atoms with van der Waals surface area (Å²) < 4.78 is 2.09. The van der Waals surface area contributed by atoms with Gasteiger partial charge >= 0.3 is 0 Å². The molecular formula is C12H18N2O. The summed E-state index contributed by atoms with van der Waals surface area (Å²) in [6.07, 6.45) is 4.94. The number of amides is 1. The van der Waals surface area contributed by atoms with Crippen molar-refractivity contribution in [2.45, 2.75) is 32.2 Å². The topological polar surface area (TPSA) is 25.2 Å². The van der Waals surface area contributed by atoms with Crippen LogP contribution in [0.2, 0.25) is 0 Å². The lowest BCUT2D eigenvalue weighted by Gasteiger charge is -2.32. The standard InChI is InChI=1S/C12H18N2O/c1-10(11-6-5-8-13(11)2)14-9-4-3-7-12(14)15/h5-6,8,10H,3-4,7,9H2,1-2H3. The molecule has 1 saturated heterocycles. The van der Waals surface area contributed by atoms with Crippen LogP contribution in [0, 0.1) is 0 Å². The number of aryl methyl sites for hydroxylation is 1. The Balaban J connectivity index is 2.16. The zero-order chi connectivity index (χ0) is 10.8. The van der Waals surface area contributed by atoms with Crippen molar-refractivity contribution in [2.75, 3.05) is 6.54 Å². The third kappa shape index (κ3) is 1.91. The molecule has 1 aliphatic heterocycles. The lowest BCUT2D eigenvalue weighted by Crippen LogP contribution is -2.37. The van der Waals surface area contributed by atoms with Crippen LogP contribution in [0.3, 0.4) is 0 Å². The number of carbonyl (C=O) groups is 1. The van der Waals surface area contributed by atoms with Crippen LogP contribution in [0.5, 0.6) is 0 Å². The smallest absolute Gasteiger partial charge is 0.223 e. The molecule has 0 saturated carbocycles. The van der Waals surface area contributed by atoms with Crippen LogP contribution in [0.1, 0.15) is 37.9 Å². The summed E-state index contributed by atoms with van der Waals surface area (Å²) >= 11 is 0. The van der Waals surface area contributed by atoms with E-state index in [-0.39, 0.29) is 6.04 Å². The van der Waals surface area contributed by atoms with Gasteiger partial charge in [0.25, 0.3) is 0 Å². The van der Waals surface area contributed by atoms with Crippen molar-refractivity contribution >= 4 is 5.91 Å². The first-order chi connectivity index (χ1) is 7.20. The number of hydrogen-bond acceptors (Lipinski definition) is 1. The fourth-order valence-corrected chi connectivity index (χ4v) is 2.30. The Morgan fingerprint density at radius 2 is 2.20 bits per heavy atom. The molecule has 1 aromatic heterocycles. The van der Waals surface area contributed by atoms with E-state index >= 15 is 0 Å². The van der Waals surface area contributed by atoms with E-state index in [4.69, 9.17) is 0 Å². The van der Waals surface area contributed by atoms with Crippen molar-refractivity contribution in [1.82, 2.24) is 9.47 Å². The van der Waals surface area contributed by atoms with Crippen molar-refractivity contribution in [1.29, 1.82) is 0 Å². The fourth-order valence-electron chi connectivity index (χ4n) is 2.30. The SMILES string of the molecule is CC(c1cccn1C)N1CCCCC1=O. The van der Waals surface area contributed by atoms with Gasteiger partial charge in [-0.05, 0) is 31.9 Å². The van der Waals surface area contributed by atoms with Crippen LogP contribution in [0.4, 0.5) is 0 Å². The molecule has 1 atom stereocenters. The highest BCUT2D eigenvalue weighted by Gasteiger charge is 2.24. The van der Waals surface area contributed by atoms with Crippen molar-refractivity contribution in [3.63, 3.8) is 0 Å². The summed E-state index contributed by atoms with van der Waals surface area (Å²) in [6, 6.07) is 4.32. The van der Waals surface area contributed by atoms with Gasteiger partial charge in [0.2, 0.25) is 5.91 Å². The first-order valence-electron chi connectivity index (χ1n) is 5.61. The Kier molecular flexibility index (Phi) is 2.80. The van der Waals surface area contributed by atoms with Gasteiger partial charge in [0.05, 0.1) is 6.04 Å². The second-order valence-corrected chi connectivity index (χ2v) is 4.26. The van der Waals surface area contributed by atoms with Gasteiger partial charge in [-0.2, -0.15) is 0 Å². The van der Waals surface area contributed by atoms with Crippen LogP contribution in [0.15, 0.2) is 18.3 Å². The predicted molar refractivity (Wildman–Crippen MR) is 59.4 cm³/mol. The first-order valence-corrected chi connectivity index (χ1v) is 5.61. The van der Waals surface area contributed by atoms with E-state index in [0.717, 1.165) is 25.8 Å². The van der Waals surface area contributed by atoms with E-state index in [1.807, 2.05) is 24.2 Å². The molecule has 82 valence electrons. The van der Waals surface area contributed by atoms with Gasteiger partial charge in [-0.1, -0.05) is 0 Å². The number of hydrogen-bond donors (Lipinski definition) is 0. The van der Waals surface area contributed by atoms with E-state index in [2.05, 4.69) is 17.6 Å². The zero-order valence-electron chi connectivity index (χ0n) is 9.44. The molecule has 2 heterocycles. The number of nitrogens with zero attached hydrogens (tertiary/aromatic N) is 2. The minimum Gasteiger partial charge on any atom is -0.353 e. The molecule has 0 aliphatic carbocycles. The van der Waals surface area contributed by atoms with Crippen molar-refractivity contribution in [2.24, 2.45) is 7.05 Å².